The number of amides is 1. The molecule has 0 saturated heterocycles. The van der Waals surface area contributed by atoms with Crippen molar-refractivity contribution in [1.29, 1.82) is 0 Å². The normalized spacial score (nSPS) is 17.9. The maximum absolute atomic E-state index is 12.0. The Balaban J connectivity index is 2.61. The molecule has 3 N–H and O–H groups in total. The molecule has 1 aliphatic carbocycles. The van der Waals surface area contributed by atoms with Crippen molar-refractivity contribution < 1.29 is 4.79 Å². The first kappa shape index (κ1) is 17.4. The van der Waals surface area contributed by atoms with Gasteiger partial charge in [-0.05, 0) is 25.2 Å². The average Bonchev–Trinajstić information content (AvgIpc) is 2.93. The highest BCUT2D eigenvalue weighted by Gasteiger charge is 2.29. The Bertz CT molecular complexity index is 275. The second-order valence-corrected chi connectivity index (χ2v) is 6.47. The molecule has 1 amide bonds. The third kappa shape index (κ3) is 5.80. The summed E-state index contributed by atoms with van der Waals surface area (Å²) in [6, 6.07) is 0.822. The van der Waals surface area contributed by atoms with Gasteiger partial charge in [-0.25, -0.2) is 0 Å². The van der Waals surface area contributed by atoms with Crippen LogP contribution in [0.3, 0.4) is 0 Å². The fourth-order valence-corrected chi connectivity index (χ4v) is 3.14. The summed E-state index contributed by atoms with van der Waals surface area (Å²) >= 11 is 0. The Kier molecular flexibility index (Phi) is 8.15. The van der Waals surface area contributed by atoms with Crippen LogP contribution in [0.1, 0.15) is 59.3 Å². The number of nitrogens with one attached hydrogen (secondary N) is 1. The molecule has 20 heavy (non-hydrogen) atoms. The second kappa shape index (κ2) is 9.35. The van der Waals surface area contributed by atoms with Crippen molar-refractivity contribution in [3.63, 3.8) is 0 Å². The molecule has 0 aliphatic heterocycles. The quantitative estimate of drug-likeness (QED) is 0.681. The highest BCUT2D eigenvalue weighted by Crippen LogP contribution is 2.26. The molecule has 4 nitrogen and oxygen atoms in total. The minimum atomic E-state index is 0.147. The van der Waals surface area contributed by atoms with Gasteiger partial charge in [-0.2, -0.15) is 0 Å². The third-order valence-electron chi connectivity index (χ3n) is 4.10. The Labute approximate surface area is 124 Å². The molecule has 0 aromatic carbocycles. The topological polar surface area (TPSA) is 58.4 Å². The van der Waals surface area contributed by atoms with Gasteiger partial charge >= 0.3 is 0 Å². The minimum Gasteiger partial charge on any atom is -0.356 e. The lowest BCUT2D eigenvalue weighted by atomic mass is 10.0. The van der Waals surface area contributed by atoms with Crippen molar-refractivity contribution in [2.24, 2.45) is 11.7 Å². The summed E-state index contributed by atoms with van der Waals surface area (Å²) in [4.78, 5) is 14.5. The van der Waals surface area contributed by atoms with Gasteiger partial charge in [0.15, 0.2) is 0 Å². The van der Waals surface area contributed by atoms with Crippen LogP contribution < -0.4 is 11.1 Å². The summed E-state index contributed by atoms with van der Waals surface area (Å²) in [5, 5.41) is 2.97. The van der Waals surface area contributed by atoms with E-state index in [-0.39, 0.29) is 11.9 Å². The van der Waals surface area contributed by atoms with Gasteiger partial charge in [0, 0.05) is 38.1 Å². The van der Waals surface area contributed by atoms with Crippen molar-refractivity contribution in [2.45, 2.75) is 71.4 Å². The summed E-state index contributed by atoms with van der Waals surface area (Å²) in [7, 11) is 0. The van der Waals surface area contributed by atoms with Crippen LogP contribution in [0.15, 0.2) is 0 Å². The summed E-state index contributed by atoms with van der Waals surface area (Å²) in [5.41, 5.74) is 5.97. The van der Waals surface area contributed by atoms with Crippen molar-refractivity contribution in [3.05, 3.63) is 0 Å². The molecule has 1 saturated carbocycles. The van der Waals surface area contributed by atoms with Crippen molar-refractivity contribution in [1.82, 2.24) is 10.2 Å². The van der Waals surface area contributed by atoms with Gasteiger partial charge < -0.3 is 11.1 Å². The van der Waals surface area contributed by atoms with Gasteiger partial charge in [0.2, 0.25) is 5.91 Å². The number of nitrogens with zero attached hydrogens (tertiary/aromatic N) is 1. The molecule has 0 aromatic heterocycles. The van der Waals surface area contributed by atoms with Gasteiger partial charge in [-0.3, -0.25) is 9.69 Å². The van der Waals surface area contributed by atoms with E-state index in [9.17, 15) is 4.79 Å². The number of carbonyl (C=O) groups is 1. The lowest BCUT2D eigenvalue weighted by Crippen LogP contribution is -2.49. The predicted molar refractivity (Wildman–Crippen MR) is 84.6 cm³/mol. The van der Waals surface area contributed by atoms with Crippen LogP contribution in [-0.4, -0.2) is 42.5 Å². The van der Waals surface area contributed by atoms with E-state index in [0.29, 0.717) is 24.9 Å². The van der Waals surface area contributed by atoms with Crippen LogP contribution in [0.5, 0.6) is 0 Å². The van der Waals surface area contributed by atoms with Crippen molar-refractivity contribution in [2.75, 3.05) is 19.6 Å². The number of nitrogens with two attached hydrogens (primary N) is 1. The first-order valence-corrected chi connectivity index (χ1v) is 8.31. The largest absolute Gasteiger partial charge is 0.356 e. The standard InChI is InChI=1S/C16H33N3O/c1-4-9-18-16(20)10-15(11-17)19(12-13(2)3)14-7-5-6-8-14/h13-15H,4-12,17H2,1-3H3,(H,18,20). The van der Waals surface area contributed by atoms with E-state index >= 15 is 0 Å². The number of hydrogen-bond acceptors (Lipinski definition) is 3. The Hall–Kier alpha value is -0.610. The first-order chi connectivity index (χ1) is 9.58. The molecule has 0 bridgehead atoms. The maximum atomic E-state index is 12.0. The molecule has 0 radical (unpaired) electrons. The molecule has 0 spiro atoms. The number of hydrogen-bond donors (Lipinski definition) is 2. The van der Waals surface area contributed by atoms with Crippen LogP contribution in [0.2, 0.25) is 0 Å². The maximum Gasteiger partial charge on any atom is 0.221 e. The molecule has 1 fully saturated rings. The molecular formula is C16H33N3O. The van der Waals surface area contributed by atoms with Crippen LogP contribution in [0, 0.1) is 5.92 Å². The van der Waals surface area contributed by atoms with E-state index in [0.717, 1.165) is 19.5 Å². The zero-order valence-corrected chi connectivity index (χ0v) is 13.5. The highest BCUT2D eigenvalue weighted by atomic mass is 16.1. The summed E-state index contributed by atoms with van der Waals surface area (Å²) in [6.07, 6.45) is 6.69. The lowest BCUT2D eigenvalue weighted by molar-refractivity contribution is -0.122. The van der Waals surface area contributed by atoms with Gasteiger partial charge in [-0.15, -0.1) is 0 Å². The molecular weight excluding hydrogens is 250 g/mol. The smallest absolute Gasteiger partial charge is 0.221 e. The molecule has 118 valence electrons. The molecule has 0 aromatic rings. The van der Waals surface area contributed by atoms with E-state index < -0.39 is 0 Å². The van der Waals surface area contributed by atoms with E-state index in [1.165, 1.54) is 25.7 Å². The van der Waals surface area contributed by atoms with Gasteiger partial charge in [-0.1, -0.05) is 33.6 Å². The van der Waals surface area contributed by atoms with E-state index in [4.69, 9.17) is 5.73 Å². The molecule has 0 heterocycles. The van der Waals surface area contributed by atoms with E-state index in [2.05, 4.69) is 31.0 Å². The van der Waals surface area contributed by atoms with Crippen molar-refractivity contribution in [3.8, 4) is 0 Å². The minimum absolute atomic E-state index is 0.147. The number of carbonyl (C=O) groups excluding carboxylic acids is 1. The zero-order chi connectivity index (χ0) is 15.0. The molecule has 4 heteroatoms. The SMILES string of the molecule is CCCNC(=O)CC(CN)N(CC(C)C)C1CCCC1. The third-order valence-corrected chi connectivity index (χ3v) is 4.10. The van der Waals surface area contributed by atoms with Crippen LogP contribution in [0.4, 0.5) is 0 Å². The van der Waals surface area contributed by atoms with Gasteiger partial charge in [0.05, 0.1) is 0 Å². The molecule has 1 atom stereocenters. The van der Waals surface area contributed by atoms with Gasteiger partial charge in [0.1, 0.15) is 0 Å². The highest BCUT2D eigenvalue weighted by molar-refractivity contribution is 5.76. The zero-order valence-electron chi connectivity index (χ0n) is 13.5. The van der Waals surface area contributed by atoms with E-state index in [1.807, 2.05) is 0 Å². The monoisotopic (exact) mass is 283 g/mol. The first-order valence-electron chi connectivity index (χ1n) is 8.31. The molecule has 1 aliphatic rings. The van der Waals surface area contributed by atoms with Crippen LogP contribution in [-0.2, 0) is 4.79 Å². The molecule has 1 rings (SSSR count). The lowest BCUT2D eigenvalue weighted by Gasteiger charge is -2.37. The summed E-state index contributed by atoms with van der Waals surface area (Å²) < 4.78 is 0. The second-order valence-electron chi connectivity index (χ2n) is 6.47. The van der Waals surface area contributed by atoms with Gasteiger partial charge in [0.25, 0.3) is 0 Å². The predicted octanol–water partition coefficient (Wildman–Crippen LogP) is 2.13. The summed E-state index contributed by atoms with van der Waals surface area (Å²) in [5.74, 6) is 0.761. The van der Waals surface area contributed by atoms with E-state index in [1.54, 1.807) is 0 Å². The number of rotatable bonds is 9. The summed E-state index contributed by atoms with van der Waals surface area (Å²) in [6.45, 7) is 8.95. The Morgan fingerprint density at radius 1 is 1.35 bits per heavy atom. The van der Waals surface area contributed by atoms with Crippen LogP contribution >= 0.6 is 0 Å². The Morgan fingerprint density at radius 3 is 2.50 bits per heavy atom. The average molecular weight is 283 g/mol. The van der Waals surface area contributed by atoms with Crippen LogP contribution in [0.25, 0.3) is 0 Å². The van der Waals surface area contributed by atoms with Crippen molar-refractivity contribution >= 4 is 5.91 Å². The molecule has 1 unspecified atom stereocenters. The fourth-order valence-electron chi connectivity index (χ4n) is 3.14. The fraction of sp³-hybridized carbons (Fsp3) is 0.938. The Morgan fingerprint density at radius 2 is 2.00 bits per heavy atom.